The quantitative estimate of drug-likeness (QED) is 0.361. The normalized spacial score (nSPS) is 9.65. The number of carbonyl (C=O) groups is 1. The maximum absolute atomic E-state index is 11.2. The van der Waals surface area contributed by atoms with E-state index in [1.165, 1.54) is 24.5 Å². The van der Waals surface area contributed by atoms with Crippen molar-refractivity contribution in [2.45, 2.75) is 6.92 Å². The topological polar surface area (TPSA) is 82.3 Å². The van der Waals surface area contributed by atoms with Gasteiger partial charge in [0.25, 0.3) is 5.69 Å². The summed E-state index contributed by atoms with van der Waals surface area (Å²) in [5.74, 6) is 4.37. The first-order valence-corrected chi connectivity index (χ1v) is 5.83. The Kier molecular flexibility index (Phi) is 3.91. The van der Waals surface area contributed by atoms with Crippen molar-refractivity contribution in [2.75, 3.05) is 6.61 Å². The van der Waals surface area contributed by atoms with Gasteiger partial charge in [0.1, 0.15) is 0 Å². The number of fused-ring (bicyclic) bond motifs is 1. The Hall–Kier alpha value is -2.94. The Labute approximate surface area is 114 Å². The van der Waals surface area contributed by atoms with Gasteiger partial charge in [-0.1, -0.05) is 5.92 Å². The number of ether oxygens (including phenoxy) is 1. The van der Waals surface area contributed by atoms with Crippen molar-refractivity contribution in [3.8, 4) is 11.8 Å². The standard InChI is InChI=1S/C14H10N2O4/c1-2-20-14(17)6-4-10-3-5-13(16(18)19)12-9-15-8-7-11(10)12/h3,5,7-9H,2H2,1H3. The molecule has 0 bridgehead atoms. The predicted molar refractivity (Wildman–Crippen MR) is 71.9 cm³/mol. The van der Waals surface area contributed by atoms with Crippen LogP contribution in [-0.2, 0) is 9.53 Å². The highest BCUT2D eigenvalue weighted by molar-refractivity contribution is 5.96. The molecule has 0 aliphatic heterocycles. The Morgan fingerprint density at radius 3 is 2.90 bits per heavy atom. The number of pyridine rings is 1. The number of hydrogen-bond donors (Lipinski definition) is 0. The first-order chi connectivity index (χ1) is 9.63. The molecule has 0 N–H and O–H groups in total. The molecule has 2 rings (SSSR count). The van der Waals surface area contributed by atoms with Gasteiger partial charge in [-0.05, 0) is 19.1 Å². The van der Waals surface area contributed by atoms with Crippen molar-refractivity contribution in [3.63, 3.8) is 0 Å². The molecule has 0 aliphatic rings. The minimum atomic E-state index is -0.631. The van der Waals surface area contributed by atoms with E-state index in [2.05, 4.69) is 16.8 Å². The number of aromatic nitrogens is 1. The molecular formula is C14H10N2O4. The lowest BCUT2D eigenvalue weighted by Crippen LogP contribution is -1.99. The molecule has 1 heterocycles. The van der Waals surface area contributed by atoms with Crippen LogP contribution < -0.4 is 0 Å². The smallest absolute Gasteiger partial charge is 0.384 e. The number of nitro benzene ring substituents is 1. The third kappa shape index (κ3) is 2.72. The fourth-order valence-electron chi connectivity index (χ4n) is 1.73. The van der Waals surface area contributed by atoms with Gasteiger partial charge >= 0.3 is 5.97 Å². The summed E-state index contributed by atoms with van der Waals surface area (Å²) in [6.07, 6.45) is 2.92. The molecule has 0 amide bonds. The van der Waals surface area contributed by atoms with Gasteiger partial charge in [-0.25, -0.2) is 4.79 Å². The largest absolute Gasteiger partial charge is 0.456 e. The number of nitrogens with zero attached hydrogens (tertiary/aromatic N) is 2. The Balaban J connectivity index is 2.54. The molecule has 0 unspecified atom stereocenters. The summed E-state index contributed by atoms with van der Waals surface area (Å²) in [7, 11) is 0. The van der Waals surface area contributed by atoms with Gasteiger partial charge in [0.2, 0.25) is 0 Å². The van der Waals surface area contributed by atoms with Crippen LogP contribution in [0.4, 0.5) is 5.69 Å². The van der Waals surface area contributed by atoms with Gasteiger partial charge in [0.15, 0.2) is 0 Å². The molecule has 1 aromatic heterocycles. The van der Waals surface area contributed by atoms with E-state index in [0.29, 0.717) is 16.3 Å². The maximum atomic E-state index is 11.2. The fraction of sp³-hybridized carbons (Fsp3) is 0.143. The second-order valence-electron chi connectivity index (χ2n) is 3.78. The summed E-state index contributed by atoms with van der Waals surface area (Å²) in [6.45, 7) is 1.94. The predicted octanol–water partition coefficient (Wildman–Crippen LogP) is 2.06. The lowest BCUT2D eigenvalue weighted by Gasteiger charge is -2.01. The highest BCUT2D eigenvalue weighted by atomic mass is 16.6. The Morgan fingerprint density at radius 2 is 2.20 bits per heavy atom. The molecule has 0 atom stereocenters. The van der Waals surface area contributed by atoms with Gasteiger partial charge in [-0.15, -0.1) is 0 Å². The molecule has 2 aromatic rings. The van der Waals surface area contributed by atoms with E-state index < -0.39 is 10.9 Å². The van der Waals surface area contributed by atoms with Gasteiger partial charge < -0.3 is 4.74 Å². The molecular weight excluding hydrogens is 260 g/mol. The molecule has 6 nitrogen and oxygen atoms in total. The van der Waals surface area contributed by atoms with Crippen LogP contribution >= 0.6 is 0 Å². The summed E-state index contributed by atoms with van der Waals surface area (Å²) < 4.78 is 4.70. The number of benzene rings is 1. The molecule has 100 valence electrons. The number of nitro groups is 1. The average Bonchev–Trinajstić information content (AvgIpc) is 2.44. The molecule has 0 aliphatic carbocycles. The van der Waals surface area contributed by atoms with Crippen molar-refractivity contribution in [1.82, 2.24) is 4.98 Å². The second kappa shape index (κ2) is 5.80. The number of hydrogen-bond acceptors (Lipinski definition) is 5. The highest BCUT2D eigenvalue weighted by Crippen LogP contribution is 2.26. The first kappa shape index (κ1) is 13.5. The third-order valence-corrected chi connectivity index (χ3v) is 2.57. The van der Waals surface area contributed by atoms with Crippen LogP contribution in [0.3, 0.4) is 0 Å². The van der Waals surface area contributed by atoms with Crippen LogP contribution in [-0.4, -0.2) is 22.5 Å². The van der Waals surface area contributed by atoms with Crippen LogP contribution in [0.1, 0.15) is 12.5 Å². The average molecular weight is 270 g/mol. The van der Waals surface area contributed by atoms with E-state index in [0.717, 1.165) is 0 Å². The Morgan fingerprint density at radius 1 is 1.40 bits per heavy atom. The summed E-state index contributed by atoms with van der Waals surface area (Å²) in [4.78, 5) is 25.6. The zero-order valence-electron chi connectivity index (χ0n) is 10.6. The molecule has 1 aromatic carbocycles. The van der Waals surface area contributed by atoms with E-state index in [1.54, 1.807) is 13.0 Å². The Bertz CT molecular complexity index is 744. The minimum absolute atomic E-state index is 0.0465. The summed E-state index contributed by atoms with van der Waals surface area (Å²) in [5, 5.41) is 11.9. The lowest BCUT2D eigenvalue weighted by atomic mass is 10.1. The van der Waals surface area contributed by atoms with Gasteiger partial charge in [0.05, 0.1) is 16.9 Å². The third-order valence-electron chi connectivity index (χ3n) is 2.57. The van der Waals surface area contributed by atoms with Gasteiger partial charge in [-0.2, -0.15) is 0 Å². The molecule has 0 spiro atoms. The van der Waals surface area contributed by atoms with Crippen molar-refractivity contribution in [1.29, 1.82) is 0 Å². The van der Waals surface area contributed by atoms with E-state index in [-0.39, 0.29) is 12.3 Å². The van der Waals surface area contributed by atoms with Gasteiger partial charge in [0, 0.05) is 35.3 Å². The molecule has 20 heavy (non-hydrogen) atoms. The van der Waals surface area contributed by atoms with Crippen LogP contribution in [0, 0.1) is 22.0 Å². The van der Waals surface area contributed by atoms with E-state index in [1.807, 2.05) is 0 Å². The van der Waals surface area contributed by atoms with E-state index >= 15 is 0 Å². The first-order valence-electron chi connectivity index (χ1n) is 5.83. The number of esters is 1. The van der Waals surface area contributed by atoms with Crippen molar-refractivity contribution < 1.29 is 14.5 Å². The zero-order chi connectivity index (χ0) is 14.5. The SMILES string of the molecule is CCOC(=O)C#Cc1ccc([N+](=O)[O-])c2cnccc12. The van der Waals surface area contributed by atoms with Crippen LogP contribution in [0.15, 0.2) is 30.6 Å². The van der Waals surface area contributed by atoms with Crippen molar-refractivity contribution in [3.05, 3.63) is 46.3 Å². The molecule has 0 radical (unpaired) electrons. The fourth-order valence-corrected chi connectivity index (χ4v) is 1.73. The maximum Gasteiger partial charge on any atom is 0.384 e. The zero-order valence-corrected chi connectivity index (χ0v) is 10.6. The molecule has 0 fully saturated rings. The number of non-ortho nitro benzene ring substituents is 1. The highest BCUT2D eigenvalue weighted by Gasteiger charge is 2.13. The molecule has 0 saturated heterocycles. The minimum Gasteiger partial charge on any atom is -0.456 e. The number of carbonyl (C=O) groups excluding carboxylic acids is 1. The lowest BCUT2D eigenvalue weighted by molar-refractivity contribution is -0.383. The summed E-state index contributed by atoms with van der Waals surface area (Å²) >= 11 is 0. The van der Waals surface area contributed by atoms with Gasteiger partial charge in [-0.3, -0.25) is 15.1 Å². The van der Waals surface area contributed by atoms with Crippen LogP contribution in [0.5, 0.6) is 0 Å². The van der Waals surface area contributed by atoms with Crippen LogP contribution in [0.2, 0.25) is 0 Å². The molecule has 6 heteroatoms. The number of rotatable bonds is 2. The van der Waals surface area contributed by atoms with E-state index in [9.17, 15) is 14.9 Å². The monoisotopic (exact) mass is 270 g/mol. The van der Waals surface area contributed by atoms with Crippen molar-refractivity contribution >= 4 is 22.4 Å². The molecule has 0 saturated carbocycles. The van der Waals surface area contributed by atoms with Crippen molar-refractivity contribution in [2.24, 2.45) is 0 Å². The second-order valence-corrected chi connectivity index (χ2v) is 3.78. The summed E-state index contributed by atoms with van der Waals surface area (Å²) in [6, 6.07) is 4.48. The summed E-state index contributed by atoms with van der Waals surface area (Å²) in [5.41, 5.74) is 0.468. The van der Waals surface area contributed by atoms with E-state index in [4.69, 9.17) is 4.74 Å². The van der Waals surface area contributed by atoms with Crippen LogP contribution in [0.25, 0.3) is 10.8 Å².